The number of rotatable bonds is 3. The van der Waals surface area contributed by atoms with Gasteiger partial charge in [0, 0.05) is 12.0 Å². The molecule has 2 heterocycles. The summed E-state index contributed by atoms with van der Waals surface area (Å²) < 4.78 is 6.03. The summed E-state index contributed by atoms with van der Waals surface area (Å²) in [6, 6.07) is 1.79. The van der Waals surface area contributed by atoms with Gasteiger partial charge in [0.2, 0.25) is 0 Å². The number of thiophene rings is 1. The van der Waals surface area contributed by atoms with Crippen molar-refractivity contribution in [2.24, 2.45) is 0 Å². The first-order valence-electron chi connectivity index (χ1n) is 4.85. The van der Waals surface area contributed by atoms with Crippen molar-refractivity contribution in [3.05, 3.63) is 31.8 Å². The van der Waals surface area contributed by atoms with Crippen LogP contribution >= 0.6 is 11.3 Å². The second kappa shape index (κ2) is 4.23. The summed E-state index contributed by atoms with van der Waals surface area (Å²) in [7, 11) is 1.53. The van der Waals surface area contributed by atoms with Gasteiger partial charge in [-0.1, -0.05) is 0 Å². The molecule has 0 unspecified atom stereocenters. The van der Waals surface area contributed by atoms with Crippen molar-refractivity contribution in [3.63, 3.8) is 0 Å². The summed E-state index contributed by atoms with van der Waals surface area (Å²) >= 11 is 1.41. The van der Waals surface area contributed by atoms with Gasteiger partial charge >= 0.3 is 5.69 Å². The molecule has 0 aromatic carbocycles. The van der Waals surface area contributed by atoms with Crippen molar-refractivity contribution in [1.29, 1.82) is 0 Å². The van der Waals surface area contributed by atoms with E-state index in [1.807, 2.05) is 6.92 Å². The first kappa shape index (κ1) is 11.1. The molecule has 0 bridgehead atoms. The van der Waals surface area contributed by atoms with E-state index in [4.69, 9.17) is 4.74 Å². The maximum Gasteiger partial charge on any atom is 0.329 e. The molecule has 2 rings (SSSR count). The highest BCUT2D eigenvalue weighted by molar-refractivity contribution is 7.18. The first-order valence-corrected chi connectivity index (χ1v) is 5.67. The second-order valence-electron chi connectivity index (χ2n) is 3.48. The van der Waals surface area contributed by atoms with E-state index in [9.17, 15) is 9.59 Å². The maximum atomic E-state index is 12.0. The minimum Gasteiger partial charge on any atom is -0.383 e. The van der Waals surface area contributed by atoms with E-state index in [0.717, 1.165) is 9.44 Å². The Balaban J connectivity index is 2.65. The summed E-state index contributed by atoms with van der Waals surface area (Å²) in [4.78, 5) is 27.9. The van der Waals surface area contributed by atoms with Crippen LogP contribution < -0.4 is 11.2 Å². The largest absolute Gasteiger partial charge is 0.383 e. The zero-order chi connectivity index (χ0) is 11.7. The van der Waals surface area contributed by atoms with Gasteiger partial charge in [-0.25, -0.2) is 4.79 Å². The number of aromatic amines is 1. The van der Waals surface area contributed by atoms with Gasteiger partial charge in [0.25, 0.3) is 5.56 Å². The zero-order valence-electron chi connectivity index (χ0n) is 9.07. The average Bonchev–Trinajstić information content (AvgIpc) is 2.59. The Morgan fingerprint density at radius 1 is 1.50 bits per heavy atom. The van der Waals surface area contributed by atoms with Crippen LogP contribution in [0.2, 0.25) is 0 Å². The van der Waals surface area contributed by atoms with E-state index in [2.05, 4.69) is 4.98 Å². The molecular formula is C10H12N2O3S. The average molecular weight is 240 g/mol. The molecule has 1 N–H and O–H groups in total. The third-order valence-electron chi connectivity index (χ3n) is 2.32. The standard InChI is InChI=1S/C10H12N2O3S/c1-6-5-7-8(16-6)11-10(14)12(9(7)13)3-4-15-2/h5H,3-4H2,1-2H3,(H,11,14). The van der Waals surface area contributed by atoms with Crippen LogP contribution in [0.5, 0.6) is 0 Å². The minimum absolute atomic E-state index is 0.250. The van der Waals surface area contributed by atoms with E-state index >= 15 is 0 Å². The Hall–Kier alpha value is -1.40. The Kier molecular flexibility index (Phi) is 2.93. The molecule has 16 heavy (non-hydrogen) atoms. The minimum atomic E-state index is -0.378. The molecule has 0 aliphatic heterocycles. The van der Waals surface area contributed by atoms with Gasteiger partial charge in [0.05, 0.1) is 18.5 Å². The molecule has 0 radical (unpaired) electrons. The van der Waals surface area contributed by atoms with Gasteiger partial charge in [-0.05, 0) is 13.0 Å². The Morgan fingerprint density at radius 3 is 2.94 bits per heavy atom. The number of aryl methyl sites for hydroxylation is 1. The molecule has 0 amide bonds. The number of nitrogens with zero attached hydrogens (tertiary/aromatic N) is 1. The van der Waals surface area contributed by atoms with Gasteiger partial charge in [-0.2, -0.15) is 0 Å². The van der Waals surface area contributed by atoms with Gasteiger partial charge in [0.1, 0.15) is 4.83 Å². The number of H-pyrrole nitrogens is 1. The van der Waals surface area contributed by atoms with E-state index in [1.165, 1.54) is 18.4 Å². The summed E-state index contributed by atoms with van der Waals surface area (Å²) in [6.07, 6.45) is 0. The number of hydrogen-bond acceptors (Lipinski definition) is 4. The van der Waals surface area contributed by atoms with Crippen molar-refractivity contribution in [2.45, 2.75) is 13.5 Å². The first-order chi connectivity index (χ1) is 7.63. The fraction of sp³-hybridized carbons (Fsp3) is 0.400. The Bertz CT molecular complexity index is 623. The van der Waals surface area contributed by atoms with E-state index in [-0.39, 0.29) is 17.8 Å². The highest BCUT2D eigenvalue weighted by Crippen LogP contribution is 2.18. The lowest BCUT2D eigenvalue weighted by atomic mass is 10.4. The van der Waals surface area contributed by atoms with E-state index in [0.29, 0.717) is 16.8 Å². The molecule has 86 valence electrons. The SMILES string of the molecule is COCCn1c(=O)[nH]c2sc(C)cc2c1=O. The number of nitrogens with one attached hydrogen (secondary N) is 1. The van der Waals surface area contributed by atoms with Gasteiger partial charge in [0.15, 0.2) is 0 Å². The van der Waals surface area contributed by atoms with Gasteiger partial charge in [-0.3, -0.25) is 14.3 Å². The number of hydrogen-bond donors (Lipinski definition) is 1. The summed E-state index contributed by atoms with van der Waals surface area (Å²) in [5.74, 6) is 0. The molecule has 0 saturated carbocycles. The van der Waals surface area contributed by atoms with E-state index in [1.54, 1.807) is 6.07 Å². The van der Waals surface area contributed by atoms with Crippen LogP contribution in [-0.4, -0.2) is 23.3 Å². The highest BCUT2D eigenvalue weighted by atomic mass is 32.1. The van der Waals surface area contributed by atoms with Crippen molar-refractivity contribution in [2.75, 3.05) is 13.7 Å². The van der Waals surface area contributed by atoms with Crippen LogP contribution in [0.25, 0.3) is 10.2 Å². The predicted molar refractivity (Wildman–Crippen MR) is 63.3 cm³/mol. The molecule has 0 spiro atoms. The molecule has 2 aromatic rings. The van der Waals surface area contributed by atoms with Crippen LogP contribution in [-0.2, 0) is 11.3 Å². The van der Waals surface area contributed by atoms with Crippen molar-refractivity contribution >= 4 is 21.6 Å². The van der Waals surface area contributed by atoms with Crippen LogP contribution in [0.3, 0.4) is 0 Å². The molecule has 0 aliphatic rings. The van der Waals surface area contributed by atoms with Crippen LogP contribution in [0.4, 0.5) is 0 Å². The van der Waals surface area contributed by atoms with Gasteiger partial charge in [-0.15, -0.1) is 11.3 Å². The normalized spacial score (nSPS) is 11.1. The fourth-order valence-corrected chi connectivity index (χ4v) is 2.45. The third-order valence-corrected chi connectivity index (χ3v) is 3.28. The summed E-state index contributed by atoms with van der Waals surface area (Å²) in [5, 5.41) is 0.568. The smallest absolute Gasteiger partial charge is 0.329 e. The summed E-state index contributed by atoms with van der Waals surface area (Å²) in [6.45, 7) is 2.52. The highest BCUT2D eigenvalue weighted by Gasteiger charge is 2.09. The zero-order valence-corrected chi connectivity index (χ0v) is 9.89. The predicted octanol–water partition coefficient (Wildman–Crippen LogP) is 0.706. The molecule has 0 aliphatic carbocycles. The van der Waals surface area contributed by atoms with Crippen LogP contribution in [0, 0.1) is 6.92 Å². The lowest BCUT2D eigenvalue weighted by molar-refractivity contribution is 0.185. The monoisotopic (exact) mass is 240 g/mol. The van der Waals surface area contributed by atoms with Crippen molar-refractivity contribution in [1.82, 2.24) is 9.55 Å². The van der Waals surface area contributed by atoms with Crippen LogP contribution in [0.15, 0.2) is 15.7 Å². The second-order valence-corrected chi connectivity index (χ2v) is 4.74. The molecule has 0 saturated heterocycles. The molecule has 2 aromatic heterocycles. The number of ether oxygens (including phenoxy) is 1. The van der Waals surface area contributed by atoms with E-state index < -0.39 is 0 Å². The molecule has 6 heteroatoms. The summed E-state index contributed by atoms with van der Waals surface area (Å²) in [5.41, 5.74) is -0.628. The lowest BCUT2D eigenvalue weighted by Gasteiger charge is -2.02. The number of aromatic nitrogens is 2. The van der Waals surface area contributed by atoms with Gasteiger partial charge < -0.3 is 4.74 Å². The topological polar surface area (TPSA) is 64.1 Å². The fourth-order valence-electron chi connectivity index (χ4n) is 1.55. The third kappa shape index (κ3) is 1.81. The van der Waals surface area contributed by atoms with Crippen molar-refractivity contribution in [3.8, 4) is 0 Å². The molecular weight excluding hydrogens is 228 g/mol. The molecule has 0 fully saturated rings. The number of fused-ring (bicyclic) bond motifs is 1. The van der Waals surface area contributed by atoms with Crippen LogP contribution in [0.1, 0.15) is 4.88 Å². The lowest BCUT2D eigenvalue weighted by Crippen LogP contribution is -2.35. The molecule has 0 atom stereocenters. The Labute approximate surface area is 95.3 Å². The van der Waals surface area contributed by atoms with Crippen molar-refractivity contribution < 1.29 is 4.74 Å². The Morgan fingerprint density at radius 2 is 2.25 bits per heavy atom. The maximum absolute atomic E-state index is 12.0. The quantitative estimate of drug-likeness (QED) is 0.859. The number of methoxy groups -OCH3 is 1. The molecule has 5 nitrogen and oxygen atoms in total.